The Balaban J connectivity index is 1.82. The number of aromatic nitrogens is 4. The zero-order valence-corrected chi connectivity index (χ0v) is 14.1. The van der Waals surface area contributed by atoms with E-state index in [1.54, 1.807) is 10.9 Å². The SMILES string of the molecule is Cc1c([C@H]2CC(=O)Nc3c2c(=O)[nH]n3C2CCCCC2)cnn1C. The molecule has 1 amide bonds. The first-order chi connectivity index (χ1) is 11.6. The molecule has 2 aromatic heterocycles. The van der Waals surface area contributed by atoms with Crippen LogP contribution < -0.4 is 10.9 Å². The van der Waals surface area contributed by atoms with Crippen LogP contribution in [0.3, 0.4) is 0 Å². The molecule has 24 heavy (non-hydrogen) atoms. The van der Waals surface area contributed by atoms with Crippen LogP contribution in [-0.2, 0) is 11.8 Å². The largest absolute Gasteiger partial charge is 0.311 e. The number of nitrogens with zero attached hydrogens (tertiary/aromatic N) is 3. The molecular weight excluding hydrogens is 306 g/mol. The molecule has 0 aromatic carbocycles. The summed E-state index contributed by atoms with van der Waals surface area (Å²) in [5, 5.41) is 10.2. The molecular formula is C17H23N5O2. The van der Waals surface area contributed by atoms with Gasteiger partial charge in [-0.2, -0.15) is 5.10 Å². The van der Waals surface area contributed by atoms with Gasteiger partial charge in [0.25, 0.3) is 5.56 Å². The minimum Gasteiger partial charge on any atom is -0.311 e. The summed E-state index contributed by atoms with van der Waals surface area (Å²) in [6.45, 7) is 1.97. The van der Waals surface area contributed by atoms with Gasteiger partial charge < -0.3 is 5.32 Å². The van der Waals surface area contributed by atoms with E-state index in [-0.39, 0.29) is 29.8 Å². The second-order valence-electron chi connectivity index (χ2n) is 6.98. The van der Waals surface area contributed by atoms with E-state index in [1.165, 1.54) is 19.3 Å². The fourth-order valence-corrected chi connectivity index (χ4v) is 4.12. The molecule has 2 N–H and O–H groups in total. The van der Waals surface area contributed by atoms with Gasteiger partial charge in [-0.15, -0.1) is 0 Å². The summed E-state index contributed by atoms with van der Waals surface area (Å²) < 4.78 is 3.69. The summed E-state index contributed by atoms with van der Waals surface area (Å²) in [6, 6.07) is 0.268. The number of amides is 1. The summed E-state index contributed by atoms with van der Waals surface area (Å²) in [5.74, 6) is 0.395. The molecule has 7 heteroatoms. The number of carbonyl (C=O) groups excluding carboxylic acids is 1. The van der Waals surface area contributed by atoms with E-state index in [4.69, 9.17) is 0 Å². The number of nitrogens with one attached hydrogen (secondary N) is 2. The lowest BCUT2D eigenvalue weighted by atomic mass is 9.87. The second kappa shape index (κ2) is 5.65. The molecule has 0 radical (unpaired) electrons. The predicted octanol–water partition coefficient (Wildman–Crippen LogP) is 2.20. The minimum atomic E-state index is -0.226. The Morgan fingerprint density at radius 1 is 1.21 bits per heavy atom. The van der Waals surface area contributed by atoms with Crippen LogP contribution in [0, 0.1) is 6.92 Å². The Bertz CT molecular complexity index is 838. The first-order valence-corrected chi connectivity index (χ1v) is 8.69. The van der Waals surface area contributed by atoms with E-state index in [0.29, 0.717) is 11.4 Å². The molecule has 1 aliphatic carbocycles. The van der Waals surface area contributed by atoms with Crippen molar-refractivity contribution in [2.45, 2.75) is 57.4 Å². The fraction of sp³-hybridized carbons (Fsp3) is 0.588. The molecule has 2 aliphatic rings. The van der Waals surface area contributed by atoms with Crippen molar-refractivity contribution in [2.24, 2.45) is 7.05 Å². The quantitative estimate of drug-likeness (QED) is 0.886. The number of aryl methyl sites for hydroxylation is 1. The first-order valence-electron chi connectivity index (χ1n) is 8.69. The van der Waals surface area contributed by atoms with E-state index in [9.17, 15) is 9.59 Å². The topological polar surface area (TPSA) is 84.7 Å². The monoisotopic (exact) mass is 329 g/mol. The molecule has 1 aliphatic heterocycles. The lowest BCUT2D eigenvalue weighted by Gasteiger charge is -2.28. The van der Waals surface area contributed by atoms with Crippen LogP contribution in [0.1, 0.15) is 67.3 Å². The average Bonchev–Trinajstić information content (AvgIpc) is 3.08. The molecule has 1 saturated carbocycles. The van der Waals surface area contributed by atoms with E-state index in [2.05, 4.69) is 15.5 Å². The normalized spacial score (nSPS) is 21.6. The lowest BCUT2D eigenvalue weighted by molar-refractivity contribution is -0.116. The van der Waals surface area contributed by atoms with Crippen molar-refractivity contribution >= 4 is 11.7 Å². The molecule has 3 heterocycles. The Morgan fingerprint density at radius 3 is 2.62 bits per heavy atom. The molecule has 0 bridgehead atoms. The molecule has 0 unspecified atom stereocenters. The smallest absolute Gasteiger partial charge is 0.270 e. The summed E-state index contributed by atoms with van der Waals surface area (Å²) in [6.07, 6.45) is 7.73. The Hall–Kier alpha value is -2.31. The number of hydrogen-bond donors (Lipinski definition) is 2. The zero-order chi connectivity index (χ0) is 16.8. The maximum absolute atomic E-state index is 12.7. The van der Waals surface area contributed by atoms with Crippen LogP contribution in [-0.4, -0.2) is 25.5 Å². The number of aromatic amines is 1. The number of rotatable bonds is 2. The molecule has 4 rings (SSSR count). The Labute approximate surface area is 140 Å². The molecule has 0 saturated heterocycles. The van der Waals surface area contributed by atoms with Crippen LogP contribution in [0.25, 0.3) is 0 Å². The van der Waals surface area contributed by atoms with Gasteiger partial charge in [-0.05, 0) is 19.8 Å². The molecule has 0 spiro atoms. The molecule has 7 nitrogen and oxygen atoms in total. The molecule has 128 valence electrons. The molecule has 2 aromatic rings. The second-order valence-corrected chi connectivity index (χ2v) is 6.98. The van der Waals surface area contributed by atoms with Crippen molar-refractivity contribution < 1.29 is 4.79 Å². The van der Waals surface area contributed by atoms with Crippen molar-refractivity contribution in [3.8, 4) is 0 Å². The van der Waals surface area contributed by atoms with E-state index < -0.39 is 0 Å². The van der Waals surface area contributed by atoms with E-state index in [1.807, 2.05) is 18.7 Å². The van der Waals surface area contributed by atoms with Gasteiger partial charge in [-0.25, -0.2) is 0 Å². The van der Waals surface area contributed by atoms with Gasteiger partial charge in [0.05, 0.1) is 17.8 Å². The van der Waals surface area contributed by atoms with Gasteiger partial charge in [-0.1, -0.05) is 19.3 Å². The van der Waals surface area contributed by atoms with Gasteiger partial charge >= 0.3 is 0 Å². The van der Waals surface area contributed by atoms with Crippen LogP contribution >= 0.6 is 0 Å². The zero-order valence-electron chi connectivity index (χ0n) is 14.1. The molecule has 1 fully saturated rings. The van der Waals surface area contributed by atoms with Crippen molar-refractivity contribution in [1.29, 1.82) is 0 Å². The maximum Gasteiger partial charge on any atom is 0.270 e. The lowest BCUT2D eigenvalue weighted by Crippen LogP contribution is -2.28. The number of H-pyrrole nitrogens is 1. The van der Waals surface area contributed by atoms with E-state index >= 15 is 0 Å². The highest BCUT2D eigenvalue weighted by Crippen LogP contribution is 2.39. The van der Waals surface area contributed by atoms with Gasteiger partial charge in [0.15, 0.2) is 0 Å². The minimum absolute atomic E-state index is 0.0423. The average molecular weight is 329 g/mol. The van der Waals surface area contributed by atoms with Gasteiger partial charge in [0.1, 0.15) is 5.82 Å². The number of anilines is 1. The standard InChI is InChI=1S/C17H23N5O2/c1-10-13(9-18-21(10)2)12-8-14(23)19-16-15(12)17(24)20-22(16)11-6-4-3-5-7-11/h9,11-12H,3-8H2,1-2H3,(H,19,23)(H,20,24)/t12-/m1/s1. The van der Waals surface area contributed by atoms with Gasteiger partial charge in [0, 0.05) is 30.6 Å². The van der Waals surface area contributed by atoms with Crippen LogP contribution in [0.4, 0.5) is 5.82 Å². The van der Waals surface area contributed by atoms with E-state index in [0.717, 1.165) is 24.1 Å². The van der Waals surface area contributed by atoms with Crippen LogP contribution in [0.2, 0.25) is 0 Å². The van der Waals surface area contributed by atoms with Gasteiger partial charge in [0.2, 0.25) is 5.91 Å². The van der Waals surface area contributed by atoms with Crippen molar-refractivity contribution in [3.63, 3.8) is 0 Å². The number of fused-ring (bicyclic) bond motifs is 1. The van der Waals surface area contributed by atoms with Crippen molar-refractivity contribution in [3.05, 3.63) is 33.4 Å². The van der Waals surface area contributed by atoms with Crippen LogP contribution in [0.5, 0.6) is 0 Å². The summed E-state index contributed by atoms with van der Waals surface area (Å²) in [5.41, 5.74) is 2.53. The number of carbonyl (C=O) groups is 1. The molecule has 1 atom stereocenters. The summed E-state index contributed by atoms with van der Waals surface area (Å²) in [4.78, 5) is 25.0. The highest BCUT2D eigenvalue weighted by molar-refractivity contribution is 5.94. The number of hydrogen-bond acceptors (Lipinski definition) is 3. The third-order valence-corrected chi connectivity index (χ3v) is 5.55. The van der Waals surface area contributed by atoms with Crippen molar-refractivity contribution in [1.82, 2.24) is 19.6 Å². The summed E-state index contributed by atoms with van der Waals surface area (Å²) >= 11 is 0. The third kappa shape index (κ3) is 2.30. The first kappa shape index (κ1) is 15.2. The fourth-order valence-electron chi connectivity index (χ4n) is 4.12. The maximum atomic E-state index is 12.7. The summed E-state index contributed by atoms with van der Waals surface area (Å²) in [7, 11) is 1.88. The highest BCUT2D eigenvalue weighted by atomic mass is 16.2. The van der Waals surface area contributed by atoms with Gasteiger partial charge in [-0.3, -0.25) is 24.1 Å². The predicted molar refractivity (Wildman–Crippen MR) is 90.2 cm³/mol. The Morgan fingerprint density at radius 2 is 1.96 bits per heavy atom. The van der Waals surface area contributed by atoms with Crippen molar-refractivity contribution in [2.75, 3.05) is 5.32 Å². The Kier molecular flexibility index (Phi) is 3.58. The highest BCUT2D eigenvalue weighted by Gasteiger charge is 2.35. The third-order valence-electron chi connectivity index (χ3n) is 5.55. The van der Waals surface area contributed by atoms with Crippen LogP contribution in [0.15, 0.2) is 11.0 Å².